The van der Waals surface area contributed by atoms with Gasteiger partial charge in [0.15, 0.2) is 0 Å². The summed E-state index contributed by atoms with van der Waals surface area (Å²) in [6.45, 7) is 5.10. The minimum atomic E-state index is -0.0929. The number of hydrogen-bond donors (Lipinski definition) is 2. The third-order valence-electron chi connectivity index (χ3n) is 9.61. The van der Waals surface area contributed by atoms with Gasteiger partial charge in [-0.3, -0.25) is 4.98 Å². The van der Waals surface area contributed by atoms with Crippen LogP contribution in [0.5, 0.6) is 0 Å². The number of aliphatic hydroxyl groups is 1. The highest BCUT2D eigenvalue weighted by Crippen LogP contribution is 2.67. The van der Waals surface area contributed by atoms with Crippen molar-refractivity contribution in [3.8, 4) is 0 Å². The van der Waals surface area contributed by atoms with Gasteiger partial charge < -0.3 is 10.4 Å². The van der Waals surface area contributed by atoms with Gasteiger partial charge in [0.2, 0.25) is 0 Å². The fraction of sp³-hybridized carbons (Fsp3) is 0.720. The molecule has 3 heteroatoms. The van der Waals surface area contributed by atoms with Crippen molar-refractivity contribution in [3.63, 3.8) is 0 Å². The summed E-state index contributed by atoms with van der Waals surface area (Å²) in [4.78, 5) is 4.40. The molecule has 28 heavy (non-hydrogen) atoms. The number of allylic oxidation sites excluding steroid dienone is 2. The lowest BCUT2D eigenvalue weighted by atomic mass is 9.43. The molecule has 0 bridgehead atoms. The van der Waals surface area contributed by atoms with Crippen LogP contribution in [-0.4, -0.2) is 29.3 Å². The monoisotopic (exact) mass is 380 g/mol. The first-order chi connectivity index (χ1) is 13.5. The van der Waals surface area contributed by atoms with E-state index in [-0.39, 0.29) is 6.10 Å². The zero-order valence-corrected chi connectivity index (χ0v) is 17.7. The first kappa shape index (κ1) is 18.8. The van der Waals surface area contributed by atoms with Gasteiger partial charge in [0, 0.05) is 18.4 Å². The Morgan fingerprint density at radius 2 is 1.96 bits per heavy atom. The van der Waals surface area contributed by atoms with Crippen LogP contribution in [0.15, 0.2) is 30.6 Å². The van der Waals surface area contributed by atoms with Gasteiger partial charge in [0.25, 0.3) is 0 Å². The number of fused-ring (bicyclic) bond motifs is 5. The molecule has 8 atom stereocenters. The molecule has 0 spiro atoms. The normalized spacial score (nSPS) is 47.6. The highest BCUT2D eigenvalue weighted by atomic mass is 16.3. The van der Waals surface area contributed by atoms with E-state index in [2.05, 4.69) is 55.6 Å². The summed E-state index contributed by atoms with van der Waals surface area (Å²) < 4.78 is 0. The SMILES string of the molecule is CN[C@H]1C[C@@H]2[C@H](CC[C@]3(C)C(c4cccnc4)=CC[C@@H]23)[C@@]2(C)CC[C@H](O)CC12. The molecule has 3 fully saturated rings. The summed E-state index contributed by atoms with van der Waals surface area (Å²) in [7, 11) is 2.14. The number of pyridine rings is 1. The van der Waals surface area contributed by atoms with E-state index in [0.29, 0.717) is 22.8 Å². The lowest BCUT2D eigenvalue weighted by Crippen LogP contribution is -2.60. The van der Waals surface area contributed by atoms with Crippen molar-refractivity contribution in [2.45, 2.75) is 70.9 Å². The van der Waals surface area contributed by atoms with Crippen LogP contribution in [0.4, 0.5) is 0 Å². The Morgan fingerprint density at radius 3 is 2.71 bits per heavy atom. The number of aliphatic hydroxyl groups excluding tert-OH is 1. The maximum Gasteiger partial charge on any atom is 0.0543 e. The van der Waals surface area contributed by atoms with Gasteiger partial charge in [0.05, 0.1) is 6.10 Å². The van der Waals surface area contributed by atoms with Crippen LogP contribution in [0.3, 0.4) is 0 Å². The average Bonchev–Trinajstić information content (AvgIpc) is 3.06. The fourth-order valence-corrected chi connectivity index (χ4v) is 8.18. The lowest BCUT2D eigenvalue weighted by molar-refractivity contribution is -0.127. The van der Waals surface area contributed by atoms with Crippen molar-refractivity contribution >= 4 is 5.57 Å². The summed E-state index contributed by atoms with van der Waals surface area (Å²) in [5.41, 5.74) is 3.56. The summed E-state index contributed by atoms with van der Waals surface area (Å²) in [6, 6.07) is 4.87. The molecule has 0 radical (unpaired) electrons. The molecule has 1 heterocycles. The minimum absolute atomic E-state index is 0.0929. The molecular weight excluding hydrogens is 344 g/mol. The minimum Gasteiger partial charge on any atom is -0.393 e. The summed E-state index contributed by atoms with van der Waals surface area (Å²) >= 11 is 0. The molecule has 2 N–H and O–H groups in total. The molecule has 1 unspecified atom stereocenters. The first-order valence-electron chi connectivity index (χ1n) is 11.4. The van der Waals surface area contributed by atoms with Gasteiger partial charge >= 0.3 is 0 Å². The van der Waals surface area contributed by atoms with E-state index in [1.54, 1.807) is 5.57 Å². The second-order valence-electron chi connectivity index (χ2n) is 10.6. The molecule has 3 nitrogen and oxygen atoms in total. The van der Waals surface area contributed by atoms with Gasteiger partial charge in [-0.25, -0.2) is 0 Å². The molecule has 1 aromatic heterocycles. The molecule has 0 aliphatic heterocycles. The van der Waals surface area contributed by atoms with E-state index < -0.39 is 0 Å². The van der Waals surface area contributed by atoms with Crippen LogP contribution in [0.1, 0.15) is 64.4 Å². The third-order valence-corrected chi connectivity index (χ3v) is 9.61. The Kier molecular flexibility index (Phi) is 4.48. The topological polar surface area (TPSA) is 45.2 Å². The summed E-state index contributed by atoms with van der Waals surface area (Å²) in [5.74, 6) is 2.98. The van der Waals surface area contributed by atoms with Gasteiger partial charge in [0.1, 0.15) is 0 Å². The molecule has 0 saturated heterocycles. The molecule has 0 amide bonds. The summed E-state index contributed by atoms with van der Waals surface area (Å²) in [5, 5.41) is 14.1. The van der Waals surface area contributed by atoms with E-state index in [0.717, 1.165) is 30.6 Å². The third kappa shape index (κ3) is 2.58. The largest absolute Gasteiger partial charge is 0.393 e. The van der Waals surface area contributed by atoms with Gasteiger partial charge in [-0.1, -0.05) is 26.0 Å². The second kappa shape index (κ2) is 6.67. The molecule has 5 rings (SSSR count). The fourth-order valence-electron chi connectivity index (χ4n) is 8.18. The molecule has 4 aliphatic carbocycles. The Hall–Kier alpha value is -1.19. The average molecular weight is 381 g/mol. The first-order valence-corrected chi connectivity index (χ1v) is 11.4. The van der Waals surface area contributed by atoms with Gasteiger partial charge in [-0.15, -0.1) is 0 Å². The van der Waals surface area contributed by atoms with Crippen molar-refractivity contribution in [2.75, 3.05) is 7.05 Å². The smallest absolute Gasteiger partial charge is 0.0543 e. The zero-order valence-electron chi connectivity index (χ0n) is 17.7. The molecule has 4 aliphatic rings. The van der Waals surface area contributed by atoms with Gasteiger partial charge in [-0.2, -0.15) is 0 Å². The van der Waals surface area contributed by atoms with Crippen molar-refractivity contribution in [2.24, 2.45) is 34.5 Å². The zero-order chi connectivity index (χ0) is 19.5. The molecule has 152 valence electrons. The van der Waals surface area contributed by atoms with Crippen molar-refractivity contribution in [1.29, 1.82) is 0 Å². The van der Waals surface area contributed by atoms with Crippen LogP contribution in [0.25, 0.3) is 5.57 Å². The Labute approximate surface area is 170 Å². The standard InChI is InChI=1S/C25H36N2O/c1-24-11-9-21-18(20(24)7-6-19(24)16-5-4-12-27-15-16)14-23(26-3)22-13-17(28)8-10-25(21,22)2/h4-6,12,15,17-18,20-23,26,28H,7-11,13-14H2,1-3H3/t17-,18-,20-,21-,22?,23-,24+,25+/m0/s1. The lowest BCUT2D eigenvalue weighted by Gasteiger charge is -2.62. The molecule has 3 saturated carbocycles. The maximum atomic E-state index is 10.4. The second-order valence-corrected chi connectivity index (χ2v) is 10.6. The van der Waals surface area contributed by atoms with E-state index in [9.17, 15) is 5.11 Å². The van der Waals surface area contributed by atoms with Crippen molar-refractivity contribution in [3.05, 3.63) is 36.2 Å². The number of hydrogen-bond acceptors (Lipinski definition) is 3. The van der Waals surface area contributed by atoms with Crippen LogP contribution in [0.2, 0.25) is 0 Å². The van der Waals surface area contributed by atoms with E-state index in [1.807, 2.05) is 6.20 Å². The molecule has 1 aromatic rings. The Bertz CT molecular complexity index is 761. The highest BCUT2D eigenvalue weighted by molar-refractivity contribution is 5.72. The van der Waals surface area contributed by atoms with Crippen LogP contribution in [0, 0.1) is 34.5 Å². The highest BCUT2D eigenvalue weighted by Gasteiger charge is 2.60. The van der Waals surface area contributed by atoms with Crippen LogP contribution in [-0.2, 0) is 0 Å². The number of nitrogens with zero attached hydrogens (tertiary/aromatic N) is 1. The van der Waals surface area contributed by atoms with Crippen molar-refractivity contribution in [1.82, 2.24) is 10.3 Å². The molecule has 0 aromatic carbocycles. The van der Waals surface area contributed by atoms with Crippen molar-refractivity contribution < 1.29 is 5.11 Å². The van der Waals surface area contributed by atoms with E-state index >= 15 is 0 Å². The van der Waals surface area contributed by atoms with E-state index in [4.69, 9.17) is 0 Å². The Balaban J connectivity index is 1.48. The predicted molar refractivity (Wildman–Crippen MR) is 114 cm³/mol. The maximum absolute atomic E-state index is 10.4. The number of aromatic nitrogens is 1. The number of nitrogens with one attached hydrogen (secondary N) is 1. The quantitative estimate of drug-likeness (QED) is 0.783. The number of rotatable bonds is 2. The predicted octanol–water partition coefficient (Wildman–Crippen LogP) is 4.68. The van der Waals surface area contributed by atoms with Gasteiger partial charge in [-0.05, 0) is 104 Å². The van der Waals surface area contributed by atoms with Crippen LogP contribution < -0.4 is 5.32 Å². The molecular formula is C25H36N2O. The van der Waals surface area contributed by atoms with Crippen LogP contribution >= 0.6 is 0 Å². The Morgan fingerprint density at radius 1 is 1.11 bits per heavy atom. The summed E-state index contributed by atoms with van der Waals surface area (Å²) in [6.07, 6.45) is 14.7. The van der Waals surface area contributed by atoms with E-state index in [1.165, 1.54) is 37.7 Å².